The van der Waals surface area contributed by atoms with E-state index in [-0.39, 0.29) is 22.7 Å². The van der Waals surface area contributed by atoms with Crippen LogP contribution in [0.3, 0.4) is 0 Å². The molecular weight excluding hydrogens is 405 g/mol. The van der Waals surface area contributed by atoms with Gasteiger partial charge in [0.2, 0.25) is 0 Å². The predicted molar refractivity (Wildman–Crippen MR) is 128 cm³/mol. The van der Waals surface area contributed by atoms with Crippen molar-refractivity contribution in [3.8, 4) is 0 Å². The molecule has 2 aromatic carbocycles. The van der Waals surface area contributed by atoms with E-state index in [9.17, 15) is 9.18 Å². The van der Waals surface area contributed by atoms with Gasteiger partial charge in [-0.2, -0.15) is 0 Å². The second kappa shape index (κ2) is 10.8. The summed E-state index contributed by atoms with van der Waals surface area (Å²) in [4.78, 5) is 22.7. The highest BCUT2D eigenvalue weighted by atomic mass is 19.1. The molecule has 168 valence electrons. The maximum absolute atomic E-state index is 13.2. The standard InChI is InChI=1S/C26H30FN3O2/c1-20(32-19-21-7-5-4-6-8-21)24(18-31)29-25(28-3)17-26(2)13-15-30(16-14-26)23-11-9-22(27)10-12-23/h4-12,18H,1,13-17,19H2,2-3H3/b28-25-,29-24-. The molecule has 32 heavy (non-hydrogen) atoms. The number of carbonyl (C=O) groups is 1. The fourth-order valence-electron chi connectivity index (χ4n) is 3.80. The van der Waals surface area contributed by atoms with Crippen LogP contribution in [-0.2, 0) is 16.1 Å². The van der Waals surface area contributed by atoms with E-state index >= 15 is 0 Å². The zero-order valence-electron chi connectivity index (χ0n) is 18.8. The summed E-state index contributed by atoms with van der Waals surface area (Å²) in [6.07, 6.45) is 3.21. The molecule has 0 unspecified atom stereocenters. The molecule has 1 aliphatic rings. The number of carbonyl (C=O) groups excluding carboxylic acids is 1. The second-order valence-electron chi connectivity index (χ2n) is 8.40. The Bertz CT molecular complexity index is 976. The second-order valence-corrected chi connectivity index (χ2v) is 8.40. The molecule has 1 heterocycles. The molecular formula is C26H30FN3O2. The number of allylic oxidation sites excluding steroid dienone is 1. The van der Waals surface area contributed by atoms with Gasteiger partial charge in [0, 0.05) is 32.2 Å². The lowest BCUT2D eigenvalue weighted by Gasteiger charge is -2.40. The zero-order chi connectivity index (χ0) is 23.0. The third-order valence-electron chi connectivity index (χ3n) is 5.91. The summed E-state index contributed by atoms with van der Waals surface area (Å²) in [5.74, 6) is 0.619. The van der Waals surface area contributed by atoms with E-state index in [0.29, 0.717) is 25.1 Å². The van der Waals surface area contributed by atoms with E-state index in [4.69, 9.17) is 4.74 Å². The number of benzene rings is 2. The van der Waals surface area contributed by atoms with Crippen LogP contribution < -0.4 is 4.90 Å². The van der Waals surface area contributed by atoms with Gasteiger partial charge in [0.1, 0.15) is 29.7 Å². The van der Waals surface area contributed by atoms with Crippen LogP contribution in [0.2, 0.25) is 0 Å². The maximum atomic E-state index is 13.2. The molecule has 0 aliphatic carbocycles. The van der Waals surface area contributed by atoms with Gasteiger partial charge in [-0.05, 0) is 48.1 Å². The third kappa shape index (κ3) is 6.36. The molecule has 1 aliphatic heterocycles. The molecule has 0 atom stereocenters. The van der Waals surface area contributed by atoms with E-state index < -0.39 is 0 Å². The Kier molecular flexibility index (Phi) is 7.92. The van der Waals surface area contributed by atoms with Crippen LogP contribution in [0.25, 0.3) is 0 Å². The van der Waals surface area contributed by atoms with Crippen molar-refractivity contribution in [2.24, 2.45) is 15.4 Å². The van der Waals surface area contributed by atoms with Gasteiger partial charge in [-0.25, -0.2) is 9.38 Å². The average Bonchev–Trinajstić information content (AvgIpc) is 2.82. The SMILES string of the molecule is C=C(OCc1ccccc1)/C(C=O)=N\C(CC1(C)CCN(c2ccc(F)cc2)CC1)=N/C. The number of anilines is 1. The number of nitrogens with zero attached hydrogens (tertiary/aromatic N) is 3. The highest BCUT2D eigenvalue weighted by Crippen LogP contribution is 2.36. The van der Waals surface area contributed by atoms with Crippen LogP contribution in [-0.4, -0.2) is 38.0 Å². The smallest absolute Gasteiger partial charge is 0.172 e. The van der Waals surface area contributed by atoms with Crippen molar-refractivity contribution in [3.63, 3.8) is 0 Å². The van der Waals surface area contributed by atoms with Crippen molar-refractivity contribution in [3.05, 3.63) is 78.3 Å². The monoisotopic (exact) mass is 435 g/mol. The van der Waals surface area contributed by atoms with Crippen LogP contribution >= 0.6 is 0 Å². The summed E-state index contributed by atoms with van der Waals surface area (Å²) < 4.78 is 18.9. The van der Waals surface area contributed by atoms with Crippen molar-refractivity contribution < 1.29 is 13.9 Å². The Morgan fingerprint density at radius 2 is 1.81 bits per heavy atom. The Labute approximate surface area is 189 Å². The van der Waals surface area contributed by atoms with Gasteiger partial charge in [-0.1, -0.05) is 43.8 Å². The summed E-state index contributed by atoms with van der Waals surface area (Å²) in [7, 11) is 1.69. The highest BCUT2D eigenvalue weighted by molar-refractivity contribution is 6.37. The third-order valence-corrected chi connectivity index (χ3v) is 5.91. The first-order valence-electron chi connectivity index (χ1n) is 10.8. The lowest BCUT2D eigenvalue weighted by atomic mass is 9.77. The molecule has 0 amide bonds. The number of aldehydes is 1. The summed E-state index contributed by atoms with van der Waals surface area (Å²) >= 11 is 0. The molecule has 2 aromatic rings. The van der Waals surface area contributed by atoms with E-state index in [1.807, 2.05) is 42.5 Å². The van der Waals surface area contributed by atoms with Crippen molar-refractivity contribution in [1.82, 2.24) is 0 Å². The molecule has 5 nitrogen and oxygen atoms in total. The van der Waals surface area contributed by atoms with E-state index in [2.05, 4.69) is 28.4 Å². The number of hydrogen-bond acceptors (Lipinski definition) is 4. The molecule has 1 saturated heterocycles. The Morgan fingerprint density at radius 1 is 1.16 bits per heavy atom. The minimum absolute atomic E-state index is 0.00902. The molecule has 0 bridgehead atoms. The zero-order valence-corrected chi connectivity index (χ0v) is 18.8. The Morgan fingerprint density at radius 3 is 2.41 bits per heavy atom. The topological polar surface area (TPSA) is 54.3 Å². The van der Waals surface area contributed by atoms with Gasteiger partial charge in [0.05, 0.1) is 0 Å². The first kappa shape index (κ1) is 23.4. The number of hydrogen-bond donors (Lipinski definition) is 0. The molecule has 0 spiro atoms. The van der Waals surface area contributed by atoms with Crippen LogP contribution in [0.1, 0.15) is 31.7 Å². The maximum Gasteiger partial charge on any atom is 0.172 e. The first-order valence-corrected chi connectivity index (χ1v) is 10.8. The fraction of sp³-hybridized carbons (Fsp3) is 0.346. The summed E-state index contributed by atoms with van der Waals surface area (Å²) in [6.45, 7) is 8.15. The van der Waals surface area contributed by atoms with E-state index in [0.717, 1.165) is 37.2 Å². The van der Waals surface area contributed by atoms with Crippen molar-refractivity contribution in [2.75, 3.05) is 25.0 Å². The van der Waals surface area contributed by atoms with E-state index in [1.54, 1.807) is 7.05 Å². The molecule has 0 radical (unpaired) electrons. The Hall–Kier alpha value is -3.28. The largest absolute Gasteiger partial charge is 0.487 e. The molecule has 6 heteroatoms. The summed E-state index contributed by atoms with van der Waals surface area (Å²) in [5.41, 5.74) is 2.19. The molecule has 0 aromatic heterocycles. The van der Waals surface area contributed by atoms with Crippen LogP contribution in [0, 0.1) is 11.2 Å². The number of aliphatic imine (C=N–C) groups is 2. The van der Waals surface area contributed by atoms with E-state index in [1.165, 1.54) is 12.1 Å². The minimum Gasteiger partial charge on any atom is -0.487 e. The highest BCUT2D eigenvalue weighted by Gasteiger charge is 2.31. The quantitative estimate of drug-likeness (QED) is 0.247. The number of piperidine rings is 1. The Balaban J connectivity index is 1.59. The number of rotatable bonds is 8. The van der Waals surface area contributed by atoms with Crippen molar-refractivity contribution in [1.29, 1.82) is 0 Å². The lowest BCUT2D eigenvalue weighted by molar-refractivity contribution is -0.102. The molecule has 0 saturated carbocycles. The normalized spacial score (nSPS) is 16.5. The predicted octanol–water partition coefficient (Wildman–Crippen LogP) is 5.22. The lowest BCUT2D eigenvalue weighted by Crippen LogP contribution is -2.39. The van der Waals surface area contributed by atoms with Gasteiger partial charge in [0.25, 0.3) is 0 Å². The average molecular weight is 436 g/mol. The van der Waals surface area contributed by atoms with Gasteiger partial charge in [-0.15, -0.1) is 0 Å². The molecule has 1 fully saturated rings. The van der Waals surface area contributed by atoms with Gasteiger partial charge >= 0.3 is 0 Å². The molecule has 0 N–H and O–H groups in total. The van der Waals surface area contributed by atoms with Crippen LogP contribution in [0.5, 0.6) is 0 Å². The van der Waals surface area contributed by atoms with Gasteiger partial charge in [-0.3, -0.25) is 9.79 Å². The fourth-order valence-corrected chi connectivity index (χ4v) is 3.80. The van der Waals surface area contributed by atoms with Crippen LogP contribution in [0.15, 0.2) is 76.9 Å². The minimum atomic E-state index is -0.224. The van der Waals surface area contributed by atoms with Crippen molar-refractivity contribution >= 4 is 23.5 Å². The van der Waals surface area contributed by atoms with Gasteiger partial charge in [0.15, 0.2) is 6.29 Å². The number of halogens is 1. The van der Waals surface area contributed by atoms with Crippen molar-refractivity contribution in [2.45, 2.75) is 32.8 Å². The van der Waals surface area contributed by atoms with Gasteiger partial charge < -0.3 is 9.64 Å². The number of ether oxygens (including phenoxy) is 1. The molecule has 3 rings (SSSR count). The number of amidine groups is 1. The first-order chi connectivity index (χ1) is 15.4. The summed E-state index contributed by atoms with van der Waals surface area (Å²) in [5, 5.41) is 0. The summed E-state index contributed by atoms with van der Waals surface area (Å²) in [6, 6.07) is 16.3. The van der Waals surface area contributed by atoms with Crippen LogP contribution in [0.4, 0.5) is 10.1 Å².